The van der Waals surface area contributed by atoms with Crippen molar-refractivity contribution in [3.8, 4) is 5.75 Å². The van der Waals surface area contributed by atoms with Crippen LogP contribution >= 0.6 is 0 Å². The number of aromatic carboxylic acids is 1. The molecule has 1 saturated carbocycles. The number of aliphatic hydroxyl groups is 1. The van der Waals surface area contributed by atoms with Crippen LogP contribution in [0.15, 0.2) is 24.3 Å². The van der Waals surface area contributed by atoms with Gasteiger partial charge in [0.05, 0.1) is 12.2 Å². The quantitative estimate of drug-likeness (QED) is 0.662. The molecule has 5 nitrogen and oxygen atoms in total. The normalized spacial score (nSPS) is 17.1. The largest absolute Gasteiger partial charge is 0.492 e. The van der Waals surface area contributed by atoms with Gasteiger partial charge in [-0.3, -0.25) is 0 Å². The van der Waals surface area contributed by atoms with Crippen LogP contribution < -0.4 is 10.1 Å². The zero-order valence-electron chi connectivity index (χ0n) is 11.5. The fourth-order valence-corrected chi connectivity index (χ4v) is 2.62. The Morgan fingerprint density at radius 3 is 2.45 bits per heavy atom. The van der Waals surface area contributed by atoms with Gasteiger partial charge in [-0.2, -0.15) is 0 Å². The van der Waals surface area contributed by atoms with Crippen molar-refractivity contribution in [2.75, 3.05) is 19.8 Å². The van der Waals surface area contributed by atoms with Crippen LogP contribution in [-0.2, 0) is 0 Å². The standard InChI is InChI=1S/C15H21NO4/c17-11-15(7-1-2-8-15)16-9-10-20-13-5-3-12(4-6-13)14(18)19/h3-6,16-17H,1-2,7-11H2,(H,18,19). The molecular formula is C15H21NO4. The van der Waals surface area contributed by atoms with Crippen LogP contribution in [0, 0.1) is 0 Å². The van der Waals surface area contributed by atoms with Crippen molar-refractivity contribution in [3.63, 3.8) is 0 Å². The summed E-state index contributed by atoms with van der Waals surface area (Å²) < 4.78 is 5.55. The number of hydrogen-bond donors (Lipinski definition) is 3. The molecule has 20 heavy (non-hydrogen) atoms. The maximum Gasteiger partial charge on any atom is 0.335 e. The molecule has 0 atom stereocenters. The first-order valence-corrected chi connectivity index (χ1v) is 6.97. The highest BCUT2D eigenvalue weighted by Gasteiger charge is 2.32. The third-order valence-corrected chi connectivity index (χ3v) is 3.84. The molecule has 0 bridgehead atoms. The molecule has 0 saturated heterocycles. The lowest BCUT2D eigenvalue weighted by Crippen LogP contribution is -2.47. The number of nitrogens with one attached hydrogen (secondary N) is 1. The predicted molar refractivity (Wildman–Crippen MR) is 75.2 cm³/mol. The molecular weight excluding hydrogens is 258 g/mol. The van der Waals surface area contributed by atoms with Gasteiger partial charge in [0.25, 0.3) is 0 Å². The Hall–Kier alpha value is -1.59. The van der Waals surface area contributed by atoms with Gasteiger partial charge in [0.1, 0.15) is 12.4 Å². The Balaban J connectivity index is 1.74. The van der Waals surface area contributed by atoms with E-state index < -0.39 is 5.97 Å². The molecule has 0 amide bonds. The van der Waals surface area contributed by atoms with Crippen LogP contribution in [0.4, 0.5) is 0 Å². The van der Waals surface area contributed by atoms with E-state index >= 15 is 0 Å². The van der Waals surface area contributed by atoms with Crippen LogP contribution in [0.1, 0.15) is 36.0 Å². The van der Waals surface area contributed by atoms with Crippen molar-refractivity contribution in [2.24, 2.45) is 0 Å². The van der Waals surface area contributed by atoms with Gasteiger partial charge >= 0.3 is 5.97 Å². The van der Waals surface area contributed by atoms with Gasteiger partial charge in [-0.25, -0.2) is 4.79 Å². The Kier molecular flexibility index (Phi) is 4.98. The Bertz CT molecular complexity index is 438. The molecule has 3 N–H and O–H groups in total. The number of carboxylic acids is 1. The van der Waals surface area contributed by atoms with Crippen LogP contribution in [0.25, 0.3) is 0 Å². The number of hydrogen-bond acceptors (Lipinski definition) is 4. The second kappa shape index (κ2) is 6.72. The van der Waals surface area contributed by atoms with E-state index in [1.807, 2.05) is 0 Å². The van der Waals surface area contributed by atoms with Gasteiger partial charge in [-0.15, -0.1) is 0 Å². The minimum Gasteiger partial charge on any atom is -0.492 e. The summed E-state index contributed by atoms with van der Waals surface area (Å²) in [5.74, 6) is -0.286. The van der Waals surface area contributed by atoms with Crippen molar-refractivity contribution < 1.29 is 19.7 Å². The van der Waals surface area contributed by atoms with Crippen molar-refractivity contribution in [3.05, 3.63) is 29.8 Å². The highest BCUT2D eigenvalue weighted by molar-refractivity contribution is 5.87. The van der Waals surface area contributed by atoms with E-state index in [4.69, 9.17) is 9.84 Å². The number of aliphatic hydroxyl groups excluding tert-OH is 1. The molecule has 0 aromatic heterocycles. The van der Waals surface area contributed by atoms with Gasteiger partial charge in [-0.1, -0.05) is 12.8 Å². The predicted octanol–water partition coefficient (Wildman–Crippen LogP) is 1.66. The maximum atomic E-state index is 10.7. The smallest absolute Gasteiger partial charge is 0.335 e. The summed E-state index contributed by atoms with van der Waals surface area (Å²) in [6, 6.07) is 6.36. The van der Waals surface area contributed by atoms with E-state index in [1.54, 1.807) is 12.1 Å². The van der Waals surface area contributed by atoms with Crippen LogP contribution in [0.5, 0.6) is 5.75 Å². The second-order valence-electron chi connectivity index (χ2n) is 5.25. The topological polar surface area (TPSA) is 78.8 Å². The van der Waals surface area contributed by atoms with E-state index in [2.05, 4.69) is 5.32 Å². The lowest BCUT2D eigenvalue weighted by atomic mass is 9.99. The number of ether oxygens (including phenoxy) is 1. The van der Waals surface area contributed by atoms with E-state index in [0.29, 0.717) is 18.9 Å². The van der Waals surface area contributed by atoms with Crippen molar-refractivity contribution in [1.29, 1.82) is 0 Å². The Labute approximate surface area is 118 Å². The second-order valence-corrected chi connectivity index (χ2v) is 5.25. The fraction of sp³-hybridized carbons (Fsp3) is 0.533. The molecule has 0 heterocycles. The van der Waals surface area contributed by atoms with Crippen LogP contribution in [0.3, 0.4) is 0 Å². The monoisotopic (exact) mass is 279 g/mol. The lowest BCUT2D eigenvalue weighted by Gasteiger charge is -2.28. The average Bonchev–Trinajstić information content (AvgIpc) is 2.93. The first-order valence-electron chi connectivity index (χ1n) is 6.97. The number of rotatable bonds is 7. The van der Waals surface area contributed by atoms with Crippen molar-refractivity contribution >= 4 is 5.97 Å². The van der Waals surface area contributed by atoms with Gasteiger partial charge in [0.2, 0.25) is 0 Å². The molecule has 0 aliphatic heterocycles. The van der Waals surface area contributed by atoms with Crippen molar-refractivity contribution in [1.82, 2.24) is 5.32 Å². The average molecular weight is 279 g/mol. The number of carboxylic acid groups (broad SMARTS) is 1. The molecule has 1 aromatic carbocycles. The zero-order valence-corrected chi connectivity index (χ0v) is 11.5. The summed E-state index contributed by atoms with van der Waals surface area (Å²) in [5, 5.41) is 21.6. The molecule has 5 heteroatoms. The summed E-state index contributed by atoms with van der Waals surface area (Å²) in [6.07, 6.45) is 4.34. The number of carbonyl (C=O) groups is 1. The molecule has 1 aromatic rings. The van der Waals surface area contributed by atoms with E-state index in [9.17, 15) is 9.90 Å². The SMILES string of the molecule is O=C(O)c1ccc(OCCNC2(CO)CCCC2)cc1. The zero-order chi connectivity index (χ0) is 14.4. The molecule has 110 valence electrons. The van der Waals surface area contributed by atoms with Gasteiger partial charge in [-0.05, 0) is 37.1 Å². The Morgan fingerprint density at radius 2 is 1.90 bits per heavy atom. The van der Waals surface area contributed by atoms with Gasteiger partial charge in [0.15, 0.2) is 0 Å². The molecule has 1 aliphatic rings. The van der Waals surface area contributed by atoms with E-state index in [-0.39, 0.29) is 17.7 Å². The molecule has 0 spiro atoms. The minimum absolute atomic E-state index is 0.128. The summed E-state index contributed by atoms with van der Waals surface area (Å²) in [4.78, 5) is 10.7. The lowest BCUT2D eigenvalue weighted by molar-refractivity contribution is 0.0697. The number of benzene rings is 1. The molecule has 1 fully saturated rings. The van der Waals surface area contributed by atoms with Crippen LogP contribution in [0.2, 0.25) is 0 Å². The Morgan fingerprint density at radius 1 is 1.25 bits per heavy atom. The minimum atomic E-state index is -0.940. The van der Waals surface area contributed by atoms with E-state index in [0.717, 1.165) is 25.7 Å². The third-order valence-electron chi connectivity index (χ3n) is 3.84. The molecule has 2 rings (SSSR count). The first-order chi connectivity index (χ1) is 9.65. The first kappa shape index (κ1) is 14.8. The highest BCUT2D eigenvalue weighted by Crippen LogP contribution is 2.28. The summed E-state index contributed by atoms with van der Waals surface area (Å²) >= 11 is 0. The molecule has 0 unspecified atom stereocenters. The van der Waals surface area contributed by atoms with E-state index in [1.165, 1.54) is 12.1 Å². The maximum absolute atomic E-state index is 10.7. The summed E-state index contributed by atoms with van der Waals surface area (Å²) in [7, 11) is 0. The molecule has 0 radical (unpaired) electrons. The van der Waals surface area contributed by atoms with Crippen molar-refractivity contribution in [2.45, 2.75) is 31.2 Å². The summed E-state index contributed by atoms with van der Waals surface area (Å²) in [6.45, 7) is 1.33. The van der Waals surface area contributed by atoms with Gasteiger partial charge < -0.3 is 20.3 Å². The van der Waals surface area contributed by atoms with Crippen LogP contribution in [-0.4, -0.2) is 41.5 Å². The summed E-state index contributed by atoms with van der Waals surface area (Å²) in [5.41, 5.74) is 0.122. The highest BCUT2D eigenvalue weighted by atomic mass is 16.5. The van der Waals surface area contributed by atoms with Gasteiger partial charge in [0, 0.05) is 12.1 Å². The molecule has 1 aliphatic carbocycles. The third kappa shape index (κ3) is 3.71. The fourth-order valence-electron chi connectivity index (χ4n) is 2.62.